The lowest BCUT2D eigenvalue weighted by molar-refractivity contribution is 1.26. The molecule has 0 unspecified atom stereocenters. The third-order valence-electron chi connectivity index (χ3n) is 1.42. The van der Waals surface area contributed by atoms with Crippen molar-refractivity contribution in [1.82, 2.24) is 0 Å². The third-order valence-corrected chi connectivity index (χ3v) is 1.83. The van der Waals surface area contributed by atoms with Crippen LogP contribution in [0, 0.1) is 6.92 Å². The first kappa shape index (κ1) is 8.08. The van der Waals surface area contributed by atoms with E-state index in [0.29, 0.717) is 0 Å². The summed E-state index contributed by atoms with van der Waals surface area (Å²) in [6.07, 6.45) is 1.56. The van der Waals surface area contributed by atoms with Crippen LogP contribution in [0.4, 0.5) is 0 Å². The summed E-state index contributed by atoms with van der Waals surface area (Å²) in [6.45, 7) is 1.95. The molecule has 0 aliphatic heterocycles. The zero-order valence-electron chi connectivity index (χ0n) is 6.21. The highest BCUT2D eigenvalue weighted by Gasteiger charge is 1.94. The summed E-state index contributed by atoms with van der Waals surface area (Å²) in [4.78, 5) is 0. The average Bonchev–Trinajstić information content (AvgIpc) is 1.98. The van der Waals surface area contributed by atoms with E-state index in [2.05, 4.69) is 5.10 Å². The molecule has 1 aromatic carbocycles. The van der Waals surface area contributed by atoms with E-state index in [0.717, 1.165) is 16.1 Å². The van der Waals surface area contributed by atoms with E-state index in [1.165, 1.54) is 0 Å². The molecule has 0 saturated heterocycles. The Balaban J connectivity index is 3.05. The fourth-order valence-corrected chi connectivity index (χ4v) is 0.964. The number of rotatable bonds is 1. The molecule has 2 N–H and O–H groups in total. The van der Waals surface area contributed by atoms with Crippen LogP contribution in [0.15, 0.2) is 23.3 Å². The summed E-state index contributed by atoms with van der Waals surface area (Å²) in [5.74, 6) is 4.98. The van der Waals surface area contributed by atoms with Gasteiger partial charge < -0.3 is 5.84 Å². The van der Waals surface area contributed by atoms with Gasteiger partial charge in [-0.15, -0.1) is 0 Å². The number of hydrogen-bond acceptors (Lipinski definition) is 2. The molecule has 0 fully saturated rings. The molecule has 11 heavy (non-hydrogen) atoms. The average molecular weight is 169 g/mol. The van der Waals surface area contributed by atoms with Crippen LogP contribution in [0.5, 0.6) is 0 Å². The van der Waals surface area contributed by atoms with E-state index in [9.17, 15) is 0 Å². The maximum atomic E-state index is 5.85. The number of hydrogen-bond donors (Lipinski definition) is 1. The second-order valence-corrected chi connectivity index (χ2v) is 2.69. The van der Waals surface area contributed by atoms with Gasteiger partial charge in [0.1, 0.15) is 0 Å². The van der Waals surface area contributed by atoms with Crippen LogP contribution in [0.1, 0.15) is 11.1 Å². The van der Waals surface area contributed by atoms with Crippen molar-refractivity contribution in [3.8, 4) is 0 Å². The third kappa shape index (κ3) is 1.95. The molecular weight excluding hydrogens is 160 g/mol. The van der Waals surface area contributed by atoms with Gasteiger partial charge in [-0.2, -0.15) is 5.10 Å². The molecule has 3 heteroatoms. The van der Waals surface area contributed by atoms with E-state index < -0.39 is 0 Å². The van der Waals surface area contributed by atoms with Crippen LogP contribution in [-0.4, -0.2) is 6.21 Å². The molecule has 0 atom stereocenters. The number of nitrogens with two attached hydrogens (primary N) is 1. The van der Waals surface area contributed by atoms with Crippen LogP contribution >= 0.6 is 11.6 Å². The van der Waals surface area contributed by atoms with Crippen molar-refractivity contribution >= 4 is 17.8 Å². The second kappa shape index (κ2) is 3.39. The molecule has 2 nitrogen and oxygen atoms in total. The van der Waals surface area contributed by atoms with E-state index in [1.54, 1.807) is 6.21 Å². The second-order valence-electron chi connectivity index (χ2n) is 2.29. The number of halogens is 1. The van der Waals surface area contributed by atoms with Gasteiger partial charge in [0.25, 0.3) is 0 Å². The maximum Gasteiger partial charge on any atom is 0.0538 e. The highest BCUT2D eigenvalue weighted by molar-refractivity contribution is 6.31. The van der Waals surface area contributed by atoms with Crippen molar-refractivity contribution in [3.63, 3.8) is 0 Å². The van der Waals surface area contributed by atoms with Crippen molar-refractivity contribution in [2.45, 2.75) is 6.92 Å². The van der Waals surface area contributed by atoms with Crippen LogP contribution in [0.25, 0.3) is 0 Å². The standard InChI is InChI=1S/C8H9ClN2/c1-6-2-3-7(5-11-10)4-8(6)9/h2-5H,10H2,1H3. The van der Waals surface area contributed by atoms with Gasteiger partial charge in [-0.25, -0.2) is 0 Å². The van der Waals surface area contributed by atoms with Crippen LogP contribution < -0.4 is 5.84 Å². The molecule has 0 aliphatic carbocycles. The van der Waals surface area contributed by atoms with Gasteiger partial charge in [-0.05, 0) is 24.1 Å². The summed E-state index contributed by atoms with van der Waals surface area (Å²) in [7, 11) is 0. The Kier molecular flexibility index (Phi) is 2.49. The van der Waals surface area contributed by atoms with Crippen molar-refractivity contribution in [1.29, 1.82) is 0 Å². The largest absolute Gasteiger partial charge is 0.323 e. The number of aryl methyl sites for hydroxylation is 1. The summed E-state index contributed by atoms with van der Waals surface area (Å²) in [5, 5.41) is 4.13. The van der Waals surface area contributed by atoms with Crippen molar-refractivity contribution in [3.05, 3.63) is 34.3 Å². The SMILES string of the molecule is Cc1ccc(C=NN)cc1Cl. The van der Waals surface area contributed by atoms with Gasteiger partial charge in [-0.1, -0.05) is 23.7 Å². The smallest absolute Gasteiger partial charge is 0.0538 e. The molecular formula is C8H9ClN2. The van der Waals surface area contributed by atoms with Gasteiger partial charge in [0.05, 0.1) is 6.21 Å². The lowest BCUT2D eigenvalue weighted by atomic mass is 10.2. The summed E-state index contributed by atoms with van der Waals surface area (Å²) >= 11 is 5.85. The summed E-state index contributed by atoms with van der Waals surface area (Å²) < 4.78 is 0. The molecule has 0 bridgehead atoms. The highest BCUT2D eigenvalue weighted by atomic mass is 35.5. The number of nitrogens with zero attached hydrogens (tertiary/aromatic N) is 1. The van der Waals surface area contributed by atoms with Crippen molar-refractivity contribution in [2.75, 3.05) is 0 Å². The Morgan fingerprint density at radius 3 is 2.82 bits per heavy atom. The first-order valence-electron chi connectivity index (χ1n) is 3.23. The van der Waals surface area contributed by atoms with Crippen LogP contribution in [0.3, 0.4) is 0 Å². The van der Waals surface area contributed by atoms with E-state index in [-0.39, 0.29) is 0 Å². The van der Waals surface area contributed by atoms with Crippen LogP contribution in [-0.2, 0) is 0 Å². The minimum Gasteiger partial charge on any atom is -0.323 e. The number of hydrazone groups is 1. The Hall–Kier alpha value is -1.02. The minimum atomic E-state index is 0.738. The fraction of sp³-hybridized carbons (Fsp3) is 0.125. The van der Waals surface area contributed by atoms with Crippen molar-refractivity contribution < 1.29 is 0 Å². The molecule has 0 spiro atoms. The predicted octanol–water partition coefficient (Wildman–Crippen LogP) is 1.94. The number of benzene rings is 1. The summed E-state index contributed by atoms with van der Waals surface area (Å²) in [6, 6.07) is 5.67. The van der Waals surface area contributed by atoms with Gasteiger partial charge in [0, 0.05) is 5.02 Å². The first-order chi connectivity index (χ1) is 5.24. The molecule has 0 amide bonds. The van der Waals surface area contributed by atoms with E-state index >= 15 is 0 Å². The van der Waals surface area contributed by atoms with Gasteiger partial charge in [0.2, 0.25) is 0 Å². The molecule has 0 radical (unpaired) electrons. The normalized spacial score (nSPS) is 10.7. The monoisotopic (exact) mass is 168 g/mol. The maximum absolute atomic E-state index is 5.85. The molecule has 0 aromatic heterocycles. The molecule has 1 aromatic rings. The Labute approximate surface area is 70.7 Å². The Morgan fingerprint density at radius 2 is 2.27 bits per heavy atom. The molecule has 0 saturated carbocycles. The van der Waals surface area contributed by atoms with E-state index in [4.69, 9.17) is 17.4 Å². The highest BCUT2D eigenvalue weighted by Crippen LogP contribution is 2.15. The van der Waals surface area contributed by atoms with Gasteiger partial charge in [-0.3, -0.25) is 0 Å². The lowest BCUT2D eigenvalue weighted by Gasteiger charge is -1.97. The van der Waals surface area contributed by atoms with E-state index in [1.807, 2.05) is 25.1 Å². The van der Waals surface area contributed by atoms with Crippen molar-refractivity contribution in [2.24, 2.45) is 10.9 Å². The molecule has 1 rings (SSSR count). The zero-order valence-corrected chi connectivity index (χ0v) is 6.97. The minimum absolute atomic E-state index is 0.738. The fourth-order valence-electron chi connectivity index (χ4n) is 0.775. The Morgan fingerprint density at radius 1 is 1.55 bits per heavy atom. The quantitative estimate of drug-likeness (QED) is 0.389. The van der Waals surface area contributed by atoms with Crippen LogP contribution in [0.2, 0.25) is 5.02 Å². The summed E-state index contributed by atoms with van der Waals surface area (Å²) in [5.41, 5.74) is 1.98. The Bertz CT molecular complexity index is 281. The van der Waals surface area contributed by atoms with Gasteiger partial charge >= 0.3 is 0 Å². The topological polar surface area (TPSA) is 38.4 Å². The first-order valence-corrected chi connectivity index (χ1v) is 3.61. The zero-order chi connectivity index (χ0) is 8.27. The molecule has 0 aliphatic rings. The lowest BCUT2D eigenvalue weighted by Crippen LogP contribution is -1.86. The molecule has 0 heterocycles. The molecule has 58 valence electrons. The van der Waals surface area contributed by atoms with Gasteiger partial charge in [0.15, 0.2) is 0 Å². The predicted molar refractivity (Wildman–Crippen MR) is 48.0 cm³/mol.